The van der Waals surface area contributed by atoms with Crippen LogP contribution in [0.3, 0.4) is 0 Å². The highest BCUT2D eigenvalue weighted by Gasteiger charge is 2.01. The largest absolute Gasteiger partial charge is 0.354 e. The number of hydrogen-bond donors (Lipinski definition) is 3. The van der Waals surface area contributed by atoms with E-state index in [1.807, 2.05) is 13.8 Å². The lowest BCUT2D eigenvalue weighted by atomic mass is 10.4. The molecule has 3 N–H and O–H groups in total. The summed E-state index contributed by atoms with van der Waals surface area (Å²) < 4.78 is 0. The van der Waals surface area contributed by atoms with Gasteiger partial charge < -0.3 is 5.32 Å². The average molecular weight is 157 g/mol. The fourth-order valence-corrected chi connectivity index (χ4v) is 0.553. The van der Waals surface area contributed by atoms with Crippen molar-refractivity contribution in [3.8, 4) is 0 Å². The van der Waals surface area contributed by atoms with E-state index in [0.29, 0.717) is 6.42 Å². The van der Waals surface area contributed by atoms with Gasteiger partial charge in [0, 0.05) is 12.5 Å². The third-order valence-corrected chi connectivity index (χ3v) is 1.02. The molecule has 0 aromatic carbocycles. The lowest BCUT2D eigenvalue weighted by Gasteiger charge is -2.10. The van der Waals surface area contributed by atoms with E-state index in [4.69, 9.17) is 5.41 Å². The minimum absolute atomic E-state index is 0.0758. The van der Waals surface area contributed by atoms with E-state index in [-0.39, 0.29) is 17.9 Å². The van der Waals surface area contributed by atoms with E-state index >= 15 is 0 Å². The molecule has 0 aromatic heterocycles. The van der Waals surface area contributed by atoms with Crippen molar-refractivity contribution < 1.29 is 4.79 Å². The molecule has 4 heteroatoms. The molecule has 4 nitrogen and oxygen atoms in total. The summed E-state index contributed by atoms with van der Waals surface area (Å²) in [5.74, 6) is -0.0602. The smallest absolute Gasteiger partial charge is 0.226 e. The van der Waals surface area contributed by atoms with Crippen LogP contribution in [0.4, 0.5) is 0 Å². The van der Waals surface area contributed by atoms with Crippen LogP contribution in [0.1, 0.15) is 27.2 Å². The maximum Gasteiger partial charge on any atom is 0.226 e. The average Bonchev–Trinajstić information content (AvgIpc) is 1.85. The van der Waals surface area contributed by atoms with Crippen molar-refractivity contribution in [3.63, 3.8) is 0 Å². The molecule has 1 amide bonds. The highest BCUT2D eigenvalue weighted by Crippen LogP contribution is 1.77. The molecule has 0 heterocycles. The van der Waals surface area contributed by atoms with Gasteiger partial charge in [0.15, 0.2) is 5.96 Å². The first-order valence-electron chi connectivity index (χ1n) is 3.71. The normalized spacial score (nSPS) is 9.45. The third-order valence-electron chi connectivity index (χ3n) is 1.02. The van der Waals surface area contributed by atoms with Crippen molar-refractivity contribution in [2.45, 2.75) is 33.2 Å². The van der Waals surface area contributed by atoms with Crippen LogP contribution >= 0.6 is 0 Å². The van der Waals surface area contributed by atoms with Gasteiger partial charge in [0.1, 0.15) is 0 Å². The molecule has 11 heavy (non-hydrogen) atoms. The zero-order valence-corrected chi connectivity index (χ0v) is 7.19. The molecule has 64 valence electrons. The summed E-state index contributed by atoms with van der Waals surface area (Å²) >= 11 is 0. The first kappa shape index (κ1) is 9.94. The molecule has 0 fully saturated rings. The Kier molecular flexibility index (Phi) is 4.26. The summed E-state index contributed by atoms with van der Waals surface area (Å²) in [6, 6.07) is 0.180. The third kappa shape index (κ3) is 5.39. The van der Waals surface area contributed by atoms with Gasteiger partial charge in [0.25, 0.3) is 0 Å². The standard InChI is InChI=1S/C7H15N3O/c1-4-6(11)10-7(8)9-5(2)3/h5H,4H2,1-3H3,(H3,8,9,10,11). The predicted octanol–water partition coefficient (Wildman–Crippen LogP) is 0.445. The zero-order chi connectivity index (χ0) is 8.85. The maximum absolute atomic E-state index is 10.7. The van der Waals surface area contributed by atoms with Crippen molar-refractivity contribution in [2.24, 2.45) is 0 Å². The van der Waals surface area contributed by atoms with Crippen LogP contribution < -0.4 is 10.6 Å². The fraction of sp³-hybridized carbons (Fsp3) is 0.714. The van der Waals surface area contributed by atoms with Gasteiger partial charge in [-0.1, -0.05) is 6.92 Å². The summed E-state index contributed by atoms with van der Waals surface area (Å²) in [6.07, 6.45) is 0.405. The van der Waals surface area contributed by atoms with Gasteiger partial charge in [-0.3, -0.25) is 15.5 Å². The van der Waals surface area contributed by atoms with Gasteiger partial charge in [-0.05, 0) is 13.8 Å². The van der Waals surface area contributed by atoms with Gasteiger partial charge in [0.05, 0.1) is 0 Å². The van der Waals surface area contributed by atoms with E-state index in [1.165, 1.54) is 0 Å². The van der Waals surface area contributed by atoms with Crippen LogP contribution in [0.5, 0.6) is 0 Å². The minimum atomic E-state index is -0.136. The number of carbonyl (C=O) groups is 1. The van der Waals surface area contributed by atoms with E-state index in [0.717, 1.165) is 0 Å². The number of hydrogen-bond acceptors (Lipinski definition) is 2. The molecule has 0 saturated carbocycles. The molecule has 0 aliphatic rings. The summed E-state index contributed by atoms with van der Waals surface area (Å²) in [7, 11) is 0. The SMILES string of the molecule is CCC(=O)NC(=N)NC(C)C. The van der Waals surface area contributed by atoms with Crippen LogP contribution in [0, 0.1) is 5.41 Å². The molecule has 0 spiro atoms. The second kappa shape index (κ2) is 4.71. The van der Waals surface area contributed by atoms with Crippen molar-refractivity contribution in [3.05, 3.63) is 0 Å². The monoisotopic (exact) mass is 157 g/mol. The molecular weight excluding hydrogens is 142 g/mol. The van der Waals surface area contributed by atoms with Crippen LogP contribution in [0.2, 0.25) is 0 Å². The Morgan fingerprint density at radius 2 is 2.09 bits per heavy atom. The molecule has 0 rings (SSSR count). The Morgan fingerprint density at radius 3 is 2.45 bits per heavy atom. The van der Waals surface area contributed by atoms with E-state index in [9.17, 15) is 4.79 Å². The Labute approximate surface area is 66.9 Å². The van der Waals surface area contributed by atoms with Crippen LogP contribution in [0.15, 0.2) is 0 Å². The maximum atomic E-state index is 10.7. The van der Waals surface area contributed by atoms with E-state index in [2.05, 4.69) is 10.6 Å². The molecule has 0 bridgehead atoms. The molecule has 0 aliphatic carbocycles. The van der Waals surface area contributed by atoms with Crippen LogP contribution in [-0.2, 0) is 4.79 Å². The van der Waals surface area contributed by atoms with Crippen LogP contribution in [0.25, 0.3) is 0 Å². The Bertz CT molecular complexity index is 154. The van der Waals surface area contributed by atoms with E-state index < -0.39 is 0 Å². The van der Waals surface area contributed by atoms with Gasteiger partial charge in [-0.2, -0.15) is 0 Å². The second-order valence-electron chi connectivity index (χ2n) is 2.58. The highest BCUT2D eigenvalue weighted by atomic mass is 16.1. The predicted molar refractivity (Wildman–Crippen MR) is 44.4 cm³/mol. The molecule has 0 atom stereocenters. The number of nitrogens with one attached hydrogen (secondary N) is 3. The van der Waals surface area contributed by atoms with Gasteiger partial charge >= 0.3 is 0 Å². The molecule has 0 aliphatic heterocycles. The Morgan fingerprint density at radius 1 is 1.55 bits per heavy atom. The fourth-order valence-electron chi connectivity index (χ4n) is 0.553. The molecule has 0 saturated heterocycles. The quantitative estimate of drug-likeness (QED) is 0.402. The lowest BCUT2D eigenvalue weighted by molar-refractivity contribution is -0.119. The van der Waals surface area contributed by atoms with Crippen molar-refractivity contribution in [1.29, 1.82) is 5.41 Å². The molecule has 0 aromatic rings. The van der Waals surface area contributed by atoms with Gasteiger partial charge in [0.2, 0.25) is 5.91 Å². The van der Waals surface area contributed by atoms with Crippen molar-refractivity contribution in [1.82, 2.24) is 10.6 Å². The van der Waals surface area contributed by atoms with Crippen molar-refractivity contribution >= 4 is 11.9 Å². The Hall–Kier alpha value is -1.06. The lowest BCUT2D eigenvalue weighted by Crippen LogP contribution is -2.42. The van der Waals surface area contributed by atoms with E-state index in [1.54, 1.807) is 6.92 Å². The molecule has 0 radical (unpaired) electrons. The molecule has 0 unspecified atom stereocenters. The van der Waals surface area contributed by atoms with Crippen LogP contribution in [-0.4, -0.2) is 17.9 Å². The number of rotatable bonds is 2. The topological polar surface area (TPSA) is 65.0 Å². The first-order chi connectivity index (χ1) is 5.06. The minimum Gasteiger partial charge on any atom is -0.354 e. The summed E-state index contributed by atoms with van der Waals surface area (Å²) in [4.78, 5) is 10.7. The number of guanidine groups is 1. The summed E-state index contributed by atoms with van der Waals surface area (Å²) in [5, 5.41) is 12.4. The summed E-state index contributed by atoms with van der Waals surface area (Å²) in [6.45, 7) is 5.57. The zero-order valence-electron chi connectivity index (χ0n) is 7.19. The second-order valence-corrected chi connectivity index (χ2v) is 2.58. The van der Waals surface area contributed by atoms with Crippen molar-refractivity contribution in [2.75, 3.05) is 0 Å². The highest BCUT2D eigenvalue weighted by molar-refractivity contribution is 5.95. The first-order valence-corrected chi connectivity index (χ1v) is 3.71. The van der Waals surface area contributed by atoms with Gasteiger partial charge in [-0.25, -0.2) is 0 Å². The number of carbonyl (C=O) groups excluding carboxylic acids is 1. The molecular formula is C7H15N3O. The van der Waals surface area contributed by atoms with Gasteiger partial charge in [-0.15, -0.1) is 0 Å². The summed E-state index contributed by atoms with van der Waals surface area (Å²) in [5.41, 5.74) is 0. The number of amides is 1. The Balaban J connectivity index is 3.61.